The molecule has 0 amide bonds. The Balaban J connectivity index is 1.84. The first-order chi connectivity index (χ1) is 7.66. The Morgan fingerprint density at radius 2 is 1.50 bits per heavy atom. The molecule has 0 aromatic heterocycles. The smallest absolute Gasteiger partial charge is 0.0596 e. The second kappa shape index (κ2) is 5.53. The summed E-state index contributed by atoms with van der Waals surface area (Å²) in [6.45, 7) is 4.70. The molecule has 3 atom stereocenters. The molecule has 1 nitrogen and oxygen atoms in total. The Morgan fingerprint density at radius 3 is 2.12 bits per heavy atom. The first-order valence-electron chi connectivity index (χ1n) is 7.35. The van der Waals surface area contributed by atoms with E-state index in [1.807, 2.05) is 0 Å². The van der Waals surface area contributed by atoms with Gasteiger partial charge in [0.25, 0.3) is 0 Å². The van der Waals surface area contributed by atoms with E-state index in [2.05, 4.69) is 13.8 Å². The molecule has 2 aliphatic carbocycles. The van der Waals surface area contributed by atoms with Gasteiger partial charge in [0.05, 0.1) is 6.10 Å². The summed E-state index contributed by atoms with van der Waals surface area (Å²) >= 11 is 0. The summed E-state index contributed by atoms with van der Waals surface area (Å²) in [5, 5.41) is 10.5. The standard InChI is InChI=1S/C15H28O/c1-11-6-8-13(9-7-11)15(16)14-5-3-4-12(2)10-14/h11-16H,3-10H2,1-2H3. The summed E-state index contributed by atoms with van der Waals surface area (Å²) in [4.78, 5) is 0. The maximum atomic E-state index is 10.5. The maximum absolute atomic E-state index is 10.5. The van der Waals surface area contributed by atoms with Crippen LogP contribution in [0.1, 0.15) is 65.2 Å². The topological polar surface area (TPSA) is 20.2 Å². The molecule has 1 N–H and O–H groups in total. The number of aliphatic hydroxyl groups is 1. The quantitative estimate of drug-likeness (QED) is 0.751. The molecule has 2 aliphatic rings. The molecule has 2 fully saturated rings. The van der Waals surface area contributed by atoms with E-state index in [4.69, 9.17) is 0 Å². The minimum absolute atomic E-state index is 0.00949. The SMILES string of the molecule is CC1CCC(C(O)C2CCCC(C)C2)CC1. The van der Waals surface area contributed by atoms with Gasteiger partial charge in [-0.3, -0.25) is 0 Å². The van der Waals surface area contributed by atoms with Gasteiger partial charge in [-0.25, -0.2) is 0 Å². The second-order valence-electron chi connectivity index (χ2n) is 6.54. The van der Waals surface area contributed by atoms with Crippen molar-refractivity contribution in [3.63, 3.8) is 0 Å². The molecule has 0 saturated heterocycles. The van der Waals surface area contributed by atoms with E-state index in [1.54, 1.807) is 0 Å². The first kappa shape index (κ1) is 12.4. The van der Waals surface area contributed by atoms with Gasteiger partial charge in [0, 0.05) is 0 Å². The Labute approximate surface area is 101 Å². The van der Waals surface area contributed by atoms with Crippen LogP contribution in [-0.4, -0.2) is 11.2 Å². The Bertz CT molecular complexity index is 205. The van der Waals surface area contributed by atoms with E-state index >= 15 is 0 Å². The normalized spacial score (nSPS) is 42.9. The summed E-state index contributed by atoms with van der Waals surface area (Å²) in [6, 6.07) is 0. The molecule has 16 heavy (non-hydrogen) atoms. The molecule has 2 saturated carbocycles. The average Bonchev–Trinajstić information content (AvgIpc) is 2.29. The average molecular weight is 224 g/mol. The van der Waals surface area contributed by atoms with Crippen LogP contribution in [0, 0.1) is 23.7 Å². The zero-order chi connectivity index (χ0) is 11.5. The summed E-state index contributed by atoms with van der Waals surface area (Å²) in [5.41, 5.74) is 0. The Morgan fingerprint density at radius 1 is 0.812 bits per heavy atom. The van der Waals surface area contributed by atoms with Crippen molar-refractivity contribution in [1.29, 1.82) is 0 Å². The molecule has 0 bridgehead atoms. The van der Waals surface area contributed by atoms with Crippen molar-refractivity contribution < 1.29 is 5.11 Å². The van der Waals surface area contributed by atoms with E-state index in [1.165, 1.54) is 51.4 Å². The van der Waals surface area contributed by atoms with Crippen LogP contribution in [0.4, 0.5) is 0 Å². The lowest BCUT2D eigenvalue weighted by Crippen LogP contribution is -2.34. The van der Waals surface area contributed by atoms with Crippen molar-refractivity contribution in [3.8, 4) is 0 Å². The molecule has 0 heterocycles. The van der Waals surface area contributed by atoms with Gasteiger partial charge >= 0.3 is 0 Å². The number of aliphatic hydroxyl groups excluding tert-OH is 1. The van der Waals surface area contributed by atoms with Crippen molar-refractivity contribution in [2.75, 3.05) is 0 Å². The molecule has 2 rings (SSSR count). The lowest BCUT2D eigenvalue weighted by atomic mass is 9.71. The van der Waals surface area contributed by atoms with E-state index in [-0.39, 0.29) is 6.10 Å². The fourth-order valence-corrected chi connectivity index (χ4v) is 3.80. The highest BCUT2D eigenvalue weighted by Gasteiger charge is 2.32. The fourth-order valence-electron chi connectivity index (χ4n) is 3.80. The molecule has 0 aromatic rings. The fraction of sp³-hybridized carbons (Fsp3) is 1.00. The lowest BCUT2D eigenvalue weighted by molar-refractivity contribution is 0.00577. The highest BCUT2D eigenvalue weighted by atomic mass is 16.3. The summed E-state index contributed by atoms with van der Waals surface area (Å²) in [5.74, 6) is 2.97. The summed E-state index contributed by atoms with van der Waals surface area (Å²) in [7, 11) is 0. The lowest BCUT2D eigenvalue weighted by Gasteiger charge is -2.37. The van der Waals surface area contributed by atoms with E-state index in [0.29, 0.717) is 11.8 Å². The minimum Gasteiger partial charge on any atom is -0.393 e. The molecule has 0 radical (unpaired) electrons. The Kier molecular flexibility index (Phi) is 4.29. The van der Waals surface area contributed by atoms with Gasteiger partial charge in [-0.15, -0.1) is 0 Å². The molecule has 94 valence electrons. The van der Waals surface area contributed by atoms with Gasteiger partial charge in [-0.1, -0.05) is 39.5 Å². The van der Waals surface area contributed by atoms with E-state index in [0.717, 1.165) is 11.8 Å². The second-order valence-corrected chi connectivity index (χ2v) is 6.54. The van der Waals surface area contributed by atoms with Crippen molar-refractivity contribution in [3.05, 3.63) is 0 Å². The third-order valence-corrected chi connectivity index (χ3v) is 5.00. The molecule has 1 heteroatoms. The largest absolute Gasteiger partial charge is 0.393 e. The van der Waals surface area contributed by atoms with Crippen molar-refractivity contribution >= 4 is 0 Å². The number of hydrogen-bond donors (Lipinski definition) is 1. The van der Waals surface area contributed by atoms with Crippen LogP contribution < -0.4 is 0 Å². The molecule has 0 aliphatic heterocycles. The Hall–Kier alpha value is -0.0400. The molecular formula is C15H28O. The van der Waals surface area contributed by atoms with Crippen molar-refractivity contribution in [1.82, 2.24) is 0 Å². The van der Waals surface area contributed by atoms with Crippen molar-refractivity contribution in [2.45, 2.75) is 71.3 Å². The number of hydrogen-bond acceptors (Lipinski definition) is 1. The molecule has 0 spiro atoms. The van der Waals surface area contributed by atoms with E-state index in [9.17, 15) is 5.11 Å². The van der Waals surface area contributed by atoms with Crippen LogP contribution >= 0.6 is 0 Å². The predicted molar refractivity (Wildman–Crippen MR) is 68.3 cm³/mol. The predicted octanol–water partition coefficient (Wildman–Crippen LogP) is 4.00. The van der Waals surface area contributed by atoms with Gasteiger partial charge in [0.15, 0.2) is 0 Å². The van der Waals surface area contributed by atoms with Crippen molar-refractivity contribution in [2.24, 2.45) is 23.7 Å². The molecule has 0 aromatic carbocycles. The van der Waals surface area contributed by atoms with Gasteiger partial charge in [0.2, 0.25) is 0 Å². The van der Waals surface area contributed by atoms with Crippen LogP contribution in [0.3, 0.4) is 0 Å². The highest BCUT2D eigenvalue weighted by Crippen LogP contribution is 2.38. The van der Waals surface area contributed by atoms with Crippen LogP contribution in [-0.2, 0) is 0 Å². The number of rotatable bonds is 2. The van der Waals surface area contributed by atoms with Crippen LogP contribution in [0.5, 0.6) is 0 Å². The minimum atomic E-state index is 0.00949. The maximum Gasteiger partial charge on any atom is 0.0596 e. The van der Waals surface area contributed by atoms with Crippen LogP contribution in [0.15, 0.2) is 0 Å². The zero-order valence-corrected chi connectivity index (χ0v) is 11.0. The van der Waals surface area contributed by atoms with Gasteiger partial charge in [0.1, 0.15) is 0 Å². The van der Waals surface area contributed by atoms with Crippen LogP contribution in [0.2, 0.25) is 0 Å². The highest BCUT2D eigenvalue weighted by molar-refractivity contribution is 4.83. The van der Waals surface area contributed by atoms with Gasteiger partial charge < -0.3 is 5.11 Å². The zero-order valence-electron chi connectivity index (χ0n) is 11.0. The van der Waals surface area contributed by atoms with E-state index < -0.39 is 0 Å². The molecular weight excluding hydrogens is 196 g/mol. The molecule has 3 unspecified atom stereocenters. The van der Waals surface area contributed by atoms with Gasteiger partial charge in [-0.2, -0.15) is 0 Å². The van der Waals surface area contributed by atoms with Crippen LogP contribution in [0.25, 0.3) is 0 Å². The monoisotopic (exact) mass is 224 g/mol. The summed E-state index contributed by atoms with van der Waals surface area (Å²) in [6.07, 6.45) is 10.5. The van der Waals surface area contributed by atoms with Gasteiger partial charge in [-0.05, 0) is 49.4 Å². The first-order valence-corrected chi connectivity index (χ1v) is 7.35. The third kappa shape index (κ3) is 3.00. The third-order valence-electron chi connectivity index (χ3n) is 5.00. The summed E-state index contributed by atoms with van der Waals surface area (Å²) < 4.78 is 0.